The average Bonchev–Trinajstić information content (AvgIpc) is 2.71. The number of carbonyl (C=O) groups is 4. The highest BCUT2D eigenvalue weighted by Gasteiger charge is 2.36. The Balaban J connectivity index is 1.92. The van der Waals surface area contributed by atoms with Crippen LogP contribution in [0, 0.1) is 0 Å². The van der Waals surface area contributed by atoms with Gasteiger partial charge in [-0.25, -0.2) is 14.5 Å². The summed E-state index contributed by atoms with van der Waals surface area (Å²) in [7, 11) is 0. The molecule has 0 unspecified atom stereocenters. The number of imide groups is 2. The fourth-order valence-electron chi connectivity index (χ4n) is 2.97. The summed E-state index contributed by atoms with van der Waals surface area (Å²) in [4.78, 5) is 49.2. The second-order valence-corrected chi connectivity index (χ2v) is 6.79. The maximum Gasteiger partial charge on any atom is 0.335 e. The Bertz CT molecular complexity index is 1010. The minimum Gasteiger partial charge on any atom is -0.478 e. The number of urea groups is 1. The number of hydrogen-bond acceptors (Lipinski definition) is 4. The lowest BCUT2D eigenvalue weighted by Gasteiger charge is -2.26. The average molecular weight is 392 g/mol. The first-order valence-corrected chi connectivity index (χ1v) is 9.16. The molecule has 0 spiro atoms. The third kappa shape index (κ3) is 4.08. The van der Waals surface area contributed by atoms with Crippen molar-refractivity contribution in [3.05, 3.63) is 70.8 Å². The number of carbonyl (C=O) groups excluding carboxylic acids is 3. The van der Waals surface area contributed by atoms with Gasteiger partial charge in [-0.05, 0) is 53.8 Å². The SMILES string of the molecule is CC[C@H](C)c1ccc(N2C(=O)NC(=O)/C(=C/c3ccc(C(=O)O)cc3)C2=O)cc1. The number of carboxylic acids is 1. The minimum absolute atomic E-state index is 0.0878. The van der Waals surface area contributed by atoms with Gasteiger partial charge in [-0.15, -0.1) is 0 Å². The first-order valence-electron chi connectivity index (χ1n) is 9.16. The van der Waals surface area contributed by atoms with Crippen LogP contribution in [0.15, 0.2) is 54.1 Å². The van der Waals surface area contributed by atoms with Crippen LogP contribution in [0.5, 0.6) is 0 Å². The summed E-state index contributed by atoms with van der Waals surface area (Å²) >= 11 is 0. The number of barbiturate groups is 1. The van der Waals surface area contributed by atoms with E-state index in [-0.39, 0.29) is 11.1 Å². The van der Waals surface area contributed by atoms with Gasteiger partial charge in [0, 0.05) is 0 Å². The van der Waals surface area contributed by atoms with Crippen LogP contribution >= 0.6 is 0 Å². The molecule has 29 heavy (non-hydrogen) atoms. The van der Waals surface area contributed by atoms with Crippen LogP contribution in [0.4, 0.5) is 10.5 Å². The van der Waals surface area contributed by atoms with Gasteiger partial charge in [0.2, 0.25) is 0 Å². The van der Waals surface area contributed by atoms with Crippen LogP contribution in [-0.4, -0.2) is 28.9 Å². The van der Waals surface area contributed by atoms with Crippen molar-refractivity contribution in [3.8, 4) is 0 Å². The molecule has 1 atom stereocenters. The van der Waals surface area contributed by atoms with Crippen molar-refractivity contribution in [2.24, 2.45) is 0 Å². The number of amides is 4. The molecule has 2 N–H and O–H groups in total. The zero-order valence-corrected chi connectivity index (χ0v) is 16.0. The molecule has 148 valence electrons. The number of rotatable bonds is 5. The van der Waals surface area contributed by atoms with Gasteiger partial charge in [0.25, 0.3) is 11.8 Å². The molecule has 0 radical (unpaired) electrons. The molecule has 1 aliphatic heterocycles. The lowest BCUT2D eigenvalue weighted by atomic mass is 9.98. The molecule has 0 saturated carbocycles. The molecule has 0 aliphatic carbocycles. The number of anilines is 1. The lowest BCUT2D eigenvalue weighted by molar-refractivity contribution is -0.122. The van der Waals surface area contributed by atoms with E-state index in [0.29, 0.717) is 17.2 Å². The van der Waals surface area contributed by atoms with E-state index < -0.39 is 23.8 Å². The van der Waals surface area contributed by atoms with Crippen LogP contribution in [0.2, 0.25) is 0 Å². The van der Waals surface area contributed by atoms with E-state index in [9.17, 15) is 19.2 Å². The molecule has 4 amide bonds. The zero-order chi connectivity index (χ0) is 21.1. The van der Waals surface area contributed by atoms with Crippen molar-refractivity contribution in [2.45, 2.75) is 26.2 Å². The highest BCUT2D eigenvalue weighted by molar-refractivity contribution is 6.39. The quantitative estimate of drug-likeness (QED) is 0.598. The largest absolute Gasteiger partial charge is 0.478 e. The van der Waals surface area contributed by atoms with Crippen LogP contribution in [0.25, 0.3) is 6.08 Å². The molecule has 2 aromatic carbocycles. The lowest BCUT2D eigenvalue weighted by Crippen LogP contribution is -2.54. The zero-order valence-electron chi connectivity index (χ0n) is 16.0. The molecule has 7 heteroatoms. The molecule has 1 heterocycles. The molecular weight excluding hydrogens is 372 g/mol. The second kappa shape index (κ2) is 8.10. The van der Waals surface area contributed by atoms with Crippen LogP contribution in [-0.2, 0) is 9.59 Å². The smallest absolute Gasteiger partial charge is 0.335 e. The number of carboxylic acid groups (broad SMARTS) is 1. The van der Waals surface area contributed by atoms with E-state index >= 15 is 0 Å². The van der Waals surface area contributed by atoms with Gasteiger partial charge in [-0.2, -0.15) is 0 Å². The maximum atomic E-state index is 12.9. The van der Waals surface area contributed by atoms with Crippen LogP contribution < -0.4 is 10.2 Å². The van der Waals surface area contributed by atoms with E-state index in [2.05, 4.69) is 19.2 Å². The molecule has 3 rings (SSSR count). The highest BCUT2D eigenvalue weighted by Crippen LogP contribution is 2.25. The van der Waals surface area contributed by atoms with Crippen molar-refractivity contribution in [3.63, 3.8) is 0 Å². The van der Waals surface area contributed by atoms with Crippen molar-refractivity contribution in [2.75, 3.05) is 4.90 Å². The monoisotopic (exact) mass is 392 g/mol. The van der Waals surface area contributed by atoms with Crippen molar-refractivity contribution in [1.29, 1.82) is 0 Å². The maximum absolute atomic E-state index is 12.9. The van der Waals surface area contributed by atoms with E-state index in [0.717, 1.165) is 16.9 Å². The first-order chi connectivity index (χ1) is 13.8. The summed E-state index contributed by atoms with van der Waals surface area (Å²) in [6, 6.07) is 12.0. The van der Waals surface area contributed by atoms with Crippen LogP contribution in [0.1, 0.15) is 47.7 Å². The van der Waals surface area contributed by atoms with Crippen LogP contribution in [0.3, 0.4) is 0 Å². The Kier molecular flexibility index (Phi) is 5.59. The number of benzene rings is 2. The first kappa shape index (κ1) is 20.0. The van der Waals surface area contributed by atoms with Crippen molar-refractivity contribution < 1.29 is 24.3 Å². The van der Waals surface area contributed by atoms with Gasteiger partial charge in [-0.3, -0.25) is 14.9 Å². The molecule has 1 aliphatic rings. The standard InChI is InChI=1S/C22H20N2O5/c1-3-13(2)15-8-10-17(11-9-15)24-20(26)18(19(25)23-22(24)29)12-14-4-6-16(7-5-14)21(27)28/h4-13H,3H2,1-2H3,(H,27,28)(H,23,25,29)/b18-12-/t13-/m0/s1. The summed E-state index contributed by atoms with van der Waals surface area (Å²) in [5.74, 6) is -2.26. The van der Waals surface area contributed by atoms with E-state index in [1.54, 1.807) is 12.1 Å². The van der Waals surface area contributed by atoms with E-state index in [4.69, 9.17) is 5.11 Å². The van der Waals surface area contributed by atoms with Gasteiger partial charge in [0.05, 0.1) is 11.3 Å². The Morgan fingerprint density at radius 3 is 2.24 bits per heavy atom. The van der Waals surface area contributed by atoms with E-state index in [1.165, 1.54) is 30.3 Å². The van der Waals surface area contributed by atoms with Gasteiger partial charge < -0.3 is 5.11 Å². The fraction of sp³-hybridized carbons (Fsp3) is 0.182. The predicted molar refractivity (Wildman–Crippen MR) is 108 cm³/mol. The molecule has 0 bridgehead atoms. The normalized spacial score (nSPS) is 16.7. The number of aromatic carboxylic acids is 1. The second-order valence-electron chi connectivity index (χ2n) is 6.79. The van der Waals surface area contributed by atoms with Crippen molar-refractivity contribution in [1.82, 2.24) is 5.32 Å². The fourth-order valence-corrected chi connectivity index (χ4v) is 2.97. The Hall–Kier alpha value is -3.74. The predicted octanol–water partition coefficient (Wildman–Crippen LogP) is 3.56. The summed E-state index contributed by atoms with van der Waals surface area (Å²) in [6.07, 6.45) is 2.29. The Morgan fingerprint density at radius 2 is 1.69 bits per heavy atom. The molecule has 1 saturated heterocycles. The third-order valence-corrected chi connectivity index (χ3v) is 4.90. The molecule has 7 nitrogen and oxygen atoms in total. The Morgan fingerprint density at radius 1 is 1.07 bits per heavy atom. The number of nitrogens with zero attached hydrogens (tertiary/aromatic N) is 1. The summed E-state index contributed by atoms with van der Waals surface area (Å²) in [6.45, 7) is 4.16. The summed E-state index contributed by atoms with van der Waals surface area (Å²) in [5, 5.41) is 11.1. The molecular formula is C22H20N2O5. The van der Waals surface area contributed by atoms with Gasteiger partial charge >= 0.3 is 12.0 Å². The van der Waals surface area contributed by atoms with E-state index in [1.807, 2.05) is 12.1 Å². The van der Waals surface area contributed by atoms with Gasteiger partial charge in [-0.1, -0.05) is 38.1 Å². The number of hydrogen-bond donors (Lipinski definition) is 2. The highest BCUT2D eigenvalue weighted by atomic mass is 16.4. The Labute approximate surface area is 167 Å². The summed E-state index contributed by atoms with van der Waals surface area (Å²) in [5.41, 5.74) is 1.80. The van der Waals surface area contributed by atoms with Crippen molar-refractivity contribution >= 4 is 35.6 Å². The third-order valence-electron chi connectivity index (χ3n) is 4.90. The molecule has 0 aromatic heterocycles. The van der Waals surface area contributed by atoms with Gasteiger partial charge in [0.15, 0.2) is 0 Å². The minimum atomic E-state index is -1.08. The topological polar surface area (TPSA) is 104 Å². The van der Waals surface area contributed by atoms with Gasteiger partial charge in [0.1, 0.15) is 5.57 Å². The molecule has 1 fully saturated rings. The summed E-state index contributed by atoms with van der Waals surface area (Å²) < 4.78 is 0. The number of nitrogens with one attached hydrogen (secondary N) is 1. The molecule has 2 aromatic rings.